The van der Waals surface area contributed by atoms with Crippen LogP contribution in [0, 0.1) is 17.8 Å². The molecule has 0 saturated heterocycles. The van der Waals surface area contributed by atoms with Gasteiger partial charge < -0.3 is 14.9 Å². The predicted molar refractivity (Wildman–Crippen MR) is 111 cm³/mol. The first kappa shape index (κ1) is 25.5. The lowest BCUT2D eigenvalue weighted by Gasteiger charge is -2.18. The Labute approximate surface area is 174 Å². The van der Waals surface area contributed by atoms with E-state index in [0.717, 1.165) is 19.3 Å². The minimum absolute atomic E-state index is 0.0329. The standard InChI is InChI=1S/C23H38O6/c1-4-5-8-16(2)13-18(25)11-12-19-20(22(27)15-21(19)26)14-17(24)9-6-7-10-23(28)29-3/h11-12,16,18-21,25-26H,4-10,13-15H2,1-3H3/b12-11-/t16-,18+,19+,20+,21+/m0/s1. The fourth-order valence-electron chi connectivity index (χ4n) is 3.95. The van der Waals surface area contributed by atoms with Crippen LogP contribution in [0.4, 0.5) is 0 Å². The first-order valence-electron chi connectivity index (χ1n) is 10.9. The molecule has 5 atom stereocenters. The van der Waals surface area contributed by atoms with Crippen LogP contribution in [0.3, 0.4) is 0 Å². The number of carbonyl (C=O) groups excluding carboxylic acids is 3. The van der Waals surface area contributed by atoms with Crippen molar-refractivity contribution in [2.75, 3.05) is 7.11 Å². The molecule has 0 aromatic carbocycles. The van der Waals surface area contributed by atoms with Gasteiger partial charge in [0.2, 0.25) is 0 Å². The quantitative estimate of drug-likeness (QED) is 0.259. The SMILES string of the molecule is CCCC[C@H](C)C[C@H](O)/C=C\[C@H]1[C@H](O)CC(=O)[C@@H]1CC(=O)CCCCC(=O)OC. The number of ether oxygens (including phenoxy) is 1. The Morgan fingerprint density at radius 3 is 2.59 bits per heavy atom. The summed E-state index contributed by atoms with van der Waals surface area (Å²) in [5.41, 5.74) is 0. The molecule has 1 aliphatic rings. The maximum atomic E-state index is 12.3. The van der Waals surface area contributed by atoms with E-state index in [1.165, 1.54) is 7.11 Å². The van der Waals surface area contributed by atoms with Gasteiger partial charge in [0.25, 0.3) is 0 Å². The third-order valence-electron chi connectivity index (χ3n) is 5.74. The van der Waals surface area contributed by atoms with Crippen LogP contribution in [0.25, 0.3) is 0 Å². The summed E-state index contributed by atoms with van der Waals surface area (Å²) >= 11 is 0. The van der Waals surface area contributed by atoms with Crippen LogP contribution in [0.2, 0.25) is 0 Å². The van der Waals surface area contributed by atoms with Gasteiger partial charge in [-0.25, -0.2) is 0 Å². The van der Waals surface area contributed by atoms with Crippen molar-refractivity contribution >= 4 is 17.5 Å². The zero-order chi connectivity index (χ0) is 21.8. The molecule has 1 fully saturated rings. The monoisotopic (exact) mass is 410 g/mol. The smallest absolute Gasteiger partial charge is 0.305 e. The Hall–Kier alpha value is -1.53. The molecule has 6 heteroatoms. The number of hydrogen-bond donors (Lipinski definition) is 2. The van der Waals surface area contributed by atoms with Crippen LogP contribution >= 0.6 is 0 Å². The number of hydrogen-bond acceptors (Lipinski definition) is 6. The maximum Gasteiger partial charge on any atom is 0.305 e. The molecule has 0 unspecified atom stereocenters. The van der Waals surface area contributed by atoms with E-state index in [0.29, 0.717) is 31.6 Å². The number of esters is 1. The Morgan fingerprint density at radius 2 is 1.93 bits per heavy atom. The van der Waals surface area contributed by atoms with Crippen LogP contribution in [0.5, 0.6) is 0 Å². The molecule has 0 heterocycles. The first-order chi connectivity index (χ1) is 13.8. The molecule has 0 amide bonds. The van der Waals surface area contributed by atoms with Crippen molar-refractivity contribution in [2.24, 2.45) is 17.8 Å². The molecule has 0 aromatic rings. The van der Waals surface area contributed by atoms with Crippen molar-refractivity contribution in [2.45, 2.75) is 90.3 Å². The van der Waals surface area contributed by atoms with Crippen LogP contribution < -0.4 is 0 Å². The Kier molecular flexibility index (Phi) is 12.0. The second-order valence-electron chi connectivity index (χ2n) is 8.38. The fraction of sp³-hybridized carbons (Fsp3) is 0.783. The number of carbonyl (C=O) groups is 3. The summed E-state index contributed by atoms with van der Waals surface area (Å²) in [6.45, 7) is 4.25. The summed E-state index contributed by atoms with van der Waals surface area (Å²) in [5, 5.41) is 20.5. The van der Waals surface area contributed by atoms with Crippen molar-refractivity contribution in [1.29, 1.82) is 0 Å². The zero-order valence-electron chi connectivity index (χ0n) is 18.1. The van der Waals surface area contributed by atoms with Gasteiger partial charge in [-0.2, -0.15) is 0 Å². The van der Waals surface area contributed by atoms with Crippen molar-refractivity contribution < 1.29 is 29.3 Å². The van der Waals surface area contributed by atoms with Gasteiger partial charge in [0.15, 0.2) is 0 Å². The van der Waals surface area contributed by atoms with Crippen LogP contribution in [0.1, 0.15) is 78.1 Å². The van der Waals surface area contributed by atoms with Crippen LogP contribution in [0.15, 0.2) is 12.2 Å². The van der Waals surface area contributed by atoms with E-state index in [4.69, 9.17) is 0 Å². The van der Waals surface area contributed by atoms with E-state index in [1.54, 1.807) is 12.2 Å². The molecule has 2 N–H and O–H groups in total. The average molecular weight is 411 g/mol. The van der Waals surface area contributed by atoms with E-state index in [-0.39, 0.29) is 36.8 Å². The normalized spacial score (nSPS) is 24.0. The van der Waals surface area contributed by atoms with Gasteiger partial charge in [0, 0.05) is 37.5 Å². The molecule has 166 valence electrons. The van der Waals surface area contributed by atoms with Gasteiger partial charge in [-0.3, -0.25) is 14.4 Å². The highest BCUT2D eigenvalue weighted by Crippen LogP contribution is 2.34. The minimum atomic E-state index is -0.805. The van der Waals surface area contributed by atoms with Gasteiger partial charge in [-0.15, -0.1) is 0 Å². The topological polar surface area (TPSA) is 101 Å². The molecular formula is C23H38O6. The third-order valence-corrected chi connectivity index (χ3v) is 5.74. The summed E-state index contributed by atoms with van der Waals surface area (Å²) in [6.07, 6.45) is 7.86. The zero-order valence-corrected chi connectivity index (χ0v) is 18.1. The van der Waals surface area contributed by atoms with E-state index in [1.807, 2.05) is 0 Å². The van der Waals surface area contributed by atoms with Gasteiger partial charge >= 0.3 is 5.97 Å². The lowest BCUT2D eigenvalue weighted by atomic mass is 9.87. The summed E-state index contributed by atoms with van der Waals surface area (Å²) in [5.74, 6) is -0.970. The Morgan fingerprint density at radius 1 is 1.24 bits per heavy atom. The predicted octanol–water partition coefficient (Wildman–Crippen LogP) is 3.38. The van der Waals surface area contributed by atoms with Gasteiger partial charge in [-0.1, -0.05) is 45.3 Å². The molecule has 1 aliphatic carbocycles. The lowest BCUT2D eigenvalue weighted by Crippen LogP contribution is -2.22. The first-order valence-corrected chi connectivity index (χ1v) is 10.9. The van der Waals surface area contributed by atoms with Gasteiger partial charge in [0.05, 0.1) is 19.3 Å². The highest BCUT2D eigenvalue weighted by Gasteiger charge is 2.40. The molecular weight excluding hydrogens is 372 g/mol. The van der Waals surface area contributed by atoms with Crippen molar-refractivity contribution in [3.8, 4) is 0 Å². The number of unbranched alkanes of at least 4 members (excludes halogenated alkanes) is 2. The van der Waals surface area contributed by atoms with Gasteiger partial charge in [-0.05, 0) is 25.2 Å². The van der Waals surface area contributed by atoms with Crippen LogP contribution in [-0.2, 0) is 19.1 Å². The highest BCUT2D eigenvalue weighted by atomic mass is 16.5. The molecule has 1 rings (SSSR count). The largest absolute Gasteiger partial charge is 0.469 e. The molecule has 0 spiro atoms. The number of rotatable bonds is 14. The molecule has 6 nitrogen and oxygen atoms in total. The van der Waals surface area contributed by atoms with E-state index in [2.05, 4.69) is 18.6 Å². The summed E-state index contributed by atoms with van der Waals surface area (Å²) < 4.78 is 4.57. The Bertz CT molecular complexity index is 556. The van der Waals surface area contributed by atoms with Crippen molar-refractivity contribution in [1.82, 2.24) is 0 Å². The second kappa shape index (κ2) is 13.6. The minimum Gasteiger partial charge on any atom is -0.469 e. The fourth-order valence-corrected chi connectivity index (χ4v) is 3.95. The molecule has 0 aromatic heterocycles. The second-order valence-corrected chi connectivity index (χ2v) is 8.38. The number of aliphatic hydroxyl groups excluding tert-OH is 2. The number of ketones is 2. The molecule has 0 bridgehead atoms. The molecule has 29 heavy (non-hydrogen) atoms. The average Bonchev–Trinajstić information content (AvgIpc) is 2.94. The number of methoxy groups -OCH3 is 1. The maximum absolute atomic E-state index is 12.3. The molecule has 1 saturated carbocycles. The summed E-state index contributed by atoms with van der Waals surface area (Å²) in [7, 11) is 1.33. The number of aliphatic hydroxyl groups is 2. The third kappa shape index (κ3) is 9.68. The van der Waals surface area contributed by atoms with E-state index < -0.39 is 24.0 Å². The van der Waals surface area contributed by atoms with Crippen LogP contribution in [-0.4, -0.2) is 47.1 Å². The summed E-state index contributed by atoms with van der Waals surface area (Å²) in [6, 6.07) is 0. The van der Waals surface area contributed by atoms with Gasteiger partial charge in [0.1, 0.15) is 11.6 Å². The summed E-state index contributed by atoms with van der Waals surface area (Å²) in [4.78, 5) is 35.6. The molecule has 0 aliphatic heterocycles. The van der Waals surface area contributed by atoms with Crippen molar-refractivity contribution in [3.05, 3.63) is 12.2 Å². The molecule has 0 radical (unpaired) electrons. The van der Waals surface area contributed by atoms with E-state index >= 15 is 0 Å². The van der Waals surface area contributed by atoms with Crippen molar-refractivity contribution in [3.63, 3.8) is 0 Å². The Balaban J connectivity index is 2.52. The lowest BCUT2D eigenvalue weighted by molar-refractivity contribution is -0.140. The number of Topliss-reactive ketones (excluding diaryl/α,β-unsaturated/α-hetero) is 2. The highest BCUT2D eigenvalue weighted by molar-refractivity contribution is 5.90. The van der Waals surface area contributed by atoms with E-state index in [9.17, 15) is 24.6 Å².